The van der Waals surface area contributed by atoms with Crippen molar-refractivity contribution < 1.29 is 4.42 Å². The van der Waals surface area contributed by atoms with Gasteiger partial charge in [0.25, 0.3) is 0 Å². The van der Waals surface area contributed by atoms with Gasteiger partial charge in [-0.3, -0.25) is 0 Å². The molecule has 2 heterocycles. The van der Waals surface area contributed by atoms with Crippen LogP contribution in [-0.2, 0) is 6.54 Å². The summed E-state index contributed by atoms with van der Waals surface area (Å²) < 4.78 is 7.79. The first-order valence-electron chi connectivity index (χ1n) is 7.53. The minimum Gasteiger partial charge on any atom is -0.463 e. The molecular formula is C18H20N2OS. The predicted molar refractivity (Wildman–Crippen MR) is 91.4 cm³/mol. The summed E-state index contributed by atoms with van der Waals surface area (Å²) in [5, 5.41) is 2.12. The van der Waals surface area contributed by atoms with Crippen LogP contribution in [0.25, 0.3) is 11.5 Å². The van der Waals surface area contributed by atoms with Crippen LogP contribution in [-0.4, -0.2) is 4.57 Å². The molecule has 0 saturated carbocycles. The predicted octanol–water partition coefficient (Wildman–Crippen LogP) is 5.07. The summed E-state index contributed by atoms with van der Waals surface area (Å²) in [5.41, 5.74) is 4.60. The maximum atomic E-state index is 5.55. The van der Waals surface area contributed by atoms with Crippen LogP contribution in [0.4, 0.5) is 5.69 Å². The van der Waals surface area contributed by atoms with E-state index in [2.05, 4.69) is 48.9 Å². The van der Waals surface area contributed by atoms with E-state index < -0.39 is 0 Å². The molecule has 0 saturated heterocycles. The van der Waals surface area contributed by atoms with Gasteiger partial charge in [-0.25, -0.2) is 4.99 Å². The molecule has 0 aliphatic carbocycles. The quantitative estimate of drug-likeness (QED) is 0.661. The number of rotatable bonds is 4. The standard InChI is InChI=1S/C18H20N2OS/c1-4-9-20-16(17-6-5-10-21-17)12-22-18(20)19-15-8-7-13(2)11-14(15)3/h5-8,10-12H,4,9H2,1-3H3. The smallest absolute Gasteiger partial charge is 0.190 e. The third kappa shape index (κ3) is 2.92. The third-order valence-electron chi connectivity index (χ3n) is 3.59. The average Bonchev–Trinajstić information content (AvgIpc) is 3.12. The second kappa shape index (κ2) is 6.36. The number of thiazole rings is 1. The minimum atomic E-state index is 0.895. The van der Waals surface area contributed by atoms with Crippen molar-refractivity contribution in [1.82, 2.24) is 4.57 Å². The third-order valence-corrected chi connectivity index (χ3v) is 4.45. The fraction of sp³-hybridized carbons (Fsp3) is 0.278. The molecule has 0 fully saturated rings. The molecule has 0 radical (unpaired) electrons. The second-order valence-electron chi connectivity index (χ2n) is 5.43. The Kier molecular flexibility index (Phi) is 4.29. The van der Waals surface area contributed by atoms with Gasteiger partial charge in [-0.1, -0.05) is 24.6 Å². The van der Waals surface area contributed by atoms with Gasteiger partial charge in [0.05, 0.1) is 17.6 Å². The number of nitrogens with zero attached hydrogens (tertiary/aromatic N) is 2. The molecule has 0 atom stereocenters. The van der Waals surface area contributed by atoms with Crippen LogP contribution in [0.5, 0.6) is 0 Å². The zero-order chi connectivity index (χ0) is 15.5. The van der Waals surface area contributed by atoms with E-state index in [4.69, 9.17) is 9.41 Å². The Morgan fingerprint density at radius 3 is 2.77 bits per heavy atom. The molecule has 3 rings (SSSR count). The van der Waals surface area contributed by atoms with Crippen molar-refractivity contribution in [3.05, 3.63) is 57.9 Å². The van der Waals surface area contributed by atoms with E-state index in [-0.39, 0.29) is 0 Å². The Morgan fingerprint density at radius 1 is 1.23 bits per heavy atom. The number of furan rings is 1. The lowest BCUT2D eigenvalue weighted by Gasteiger charge is -2.06. The van der Waals surface area contributed by atoms with Crippen LogP contribution in [0, 0.1) is 13.8 Å². The number of hydrogen-bond donors (Lipinski definition) is 0. The number of aryl methyl sites for hydroxylation is 2. The van der Waals surface area contributed by atoms with E-state index >= 15 is 0 Å². The lowest BCUT2D eigenvalue weighted by Crippen LogP contribution is -2.15. The summed E-state index contributed by atoms with van der Waals surface area (Å²) in [4.78, 5) is 5.88. The van der Waals surface area contributed by atoms with Crippen LogP contribution >= 0.6 is 11.3 Å². The van der Waals surface area contributed by atoms with Gasteiger partial charge in [0.15, 0.2) is 10.6 Å². The molecule has 3 aromatic rings. The first kappa shape index (κ1) is 14.9. The molecule has 0 spiro atoms. The summed E-state index contributed by atoms with van der Waals surface area (Å²) >= 11 is 1.66. The van der Waals surface area contributed by atoms with Crippen molar-refractivity contribution in [2.75, 3.05) is 0 Å². The summed E-state index contributed by atoms with van der Waals surface area (Å²) in [5.74, 6) is 0.895. The summed E-state index contributed by atoms with van der Waals surface area (Å²) in [6.45, 7) is 7.33. The fourth-order valence-corrected chi connectivity index (χ4v) is 3.44. The average molecular weight is 312 g/mol. The Balaban J connectivity index is 2.12. The van der Waals surface area contributed by atoms with Crippen molar-refractivity contribution in [3.8, 4) is 11.5 Å². The zero-order valence-electron chi connectivity index (χ0n) is 13.2. The Labute approximate surface area is 134 Å². The molecular weight excluding hydrogens is 292 g/mol. The molecule has 0 N–H and O–H groups in total. The lowest BCUT2D eigenvalue weighted by atomic mass is 10.1. The van der Waals surface area contributed by atoms with E-state index in [9.17, 15) is 0 Å². The van der Waals surface area contributed by atoms with E-state index in [1.165, 1.54) is 11.1 Å². The van der Waals surface area contributed by atoms with Crippen molar-refractivity contribution >= 4 is 17.0 Å². The molecule has 0 unspecified atom stereocenters. The minimum absolute atomic E-state index is 0.895. The molecule has 22 heavy (non-hydrogen) atoms. The molecule has 114 valence electrons. The summed E-state index contributed by atoms with van der Waals surface area (Å²) in [6.07, 6.45) is 2.77. The maximum Gasteiger partial charge on any atom is 0.190 e. The molecule has 1 aromatic carbocycles. The molecule has 0 aliphatic rings. The van der Waals surface area contributed by atoms with Crippen LogP contribution in [0.3, 0.4) is 0 Å². The van der Waals surface area contributed by atoms with E-state index in [1.807, 2.05) is 12.1 Å². The fourth-order valence-electron chi connectivity index (χ4n) is 2.51. The second-order valence-corrected chi connectivity index (χ2v) is 6.27. The summed E-state index contributed by atoms with van der Waals surface area (Å²) in [7, 11) is 0. The molecule has 0 amide bonds. The van der Waals surface area contributed by atoms with Crippen molar-refractivity contribution in [2.45, 2.75) is 33.7 Å². The van der Waals surface area contributed by atoms with Crippen molar-refractivity contribution in [3.63, 3.8) is 0 Å². The Bertz CT molecular complexity index is 825. The Morgan fingerprint density at radius 2 is 2.09 bits per heavy atom. The van der Waals surface area contributed by atoms with Gasteiger partial charge >= 0.3 is 0 Å². The van der Waals surface area contributed by atoms with Crippen molar-refractivity contribution in [2.24, 2.45) is 4.99 Å². The van der Waals surface area contributed by atoms with E-state index in [0.29, 0.717) is 0 Å². The molecule has 0 bridgehead atoms. The van der Waals surface area contributed by atoms with Gasteiger partial charge in [0.1, 0.15) is 0 Å². The van der Waals surface area contributed by atoms with Crippen molar-refractivity contribution in [1.29, 1.82) is 0 Å². The van der Waals surface area contributed by atoms with Gasteiger partial charge < -0.3 is 8.98 Å². The molecule has 3 nitrogen and oxygen atoms in total. The molecule has 4 heteroatoms. The van der Waals surface area contributed by atoms with Gasteiger partial charge in [0, 0.05) is 11.9 Å². The SMILES string of the molecule is CCCn1c(-c2ccco2)csc1=Nc1ccc(C)cc1C. The number of benzene rings is 1. The van der Waals surface area contributed by atoms with Crippen LogP contribution in [0.1, 0.15) is 24.5 Å². The van der Waals surface area contributed by atoms with Gasteiger partial charge in [-0.05, 0) is 44.0 Å². The maximum absolute atomic E-state index is 5.55. The first-order valence-corrected chi connectivity index (χ1v) is 8.41. The lowest BCUT2D eigenvalue weighted by molar-refractivity contribution is 0.567. The van der Waals surface area contributed by atoms with Gasteiger partial charge in [0.2, 0.25) is 0 Å². The Hall–Kier alpha value is -2.07. The van der Waals surface area contributed by atoms with Gasteiger partial charge in [-0.15, -0.1) is 11.3 Å². The number of aromatic nitrogens is 1. The van der Waals surface area contributed by atoms with E-state index in [1.54, 1.807) is 17.6 Å². The van der Waals surface area contributed by atoms with Crippen LogP contribution in [0.15, 0.2) is 51.4 Å². The van der Waals surface area contributed by atoms with E-state index in [0.717, 1.165) is 34.9 Å². The highest BCUT2D eigenvalue weighted by Gasteiger charge is 2.10. The summed E-state index contributed by atoms with van der Waals surface area (Å²) in [6, 6.07) is 10.3. The highest BCUT2D eigenvalue weighted by molar-refractivity contribution is 7.07. The van der Waals surface area contributed by atoms with Crippen LogP contribution in [0.2, 0.25) is 0 Å². The highest BCUT2D eigenvalue weighted by Crippen LogP contribution is 2.23. The number of hydrogen-bond acceptors (Lipinski definition) is 3. The van der Waals surface area contributed by atoms with Gasteiger partial charge in [-0.2, -0.15) is 0 Å². The zero-order valence-corrected chi connectivity index (χ0v) is 14.0. The molecule has 2 aromatic heterocycles. The monoisotopic (exact) mass is 312 g/mol. The normalized spacial score (nSPS) is 12.0. The van der Waals surface area contributed by atoms with Crippen LogP contribution < -0.4 is 4.80 Å². The topological polar surface area (TPSA) is 30.4 Å². The first-order chi connectivity index (χ1) is 10.7. The molecule has 0 aliphatic heterocycles. The largest absolute Gasteiger partial charge is 0.463 e. The highest BCUT2D eigenvalue weighted by atomic mass is 32.1.